The van der Waals surface area contributed by atoms with E-state index in [0.29, 0.717) is 95.9 Å². The van der Waals surface area contributed by atoms with Crippen LogP contribution >= 0.6 is 58.0 Å². The van der Waals surface area contributed by atoms with Crippen LogP contribution in [0.3, 0.4) is 0 Å². The van der Waals surface area contributed by atoms with Gasteiger partial charge in [0, 0.05) is 103 Å². The fourth-order valence-corrected chi connectivity index (χ4v) is 8.48. The zero-order valence-electron chi connectivity index (χ0n) is 58.9. The van der Waals surface area contributed by atoms with Crippen LogP contribution in [0.25, 0.3) is 76.4 Å². The van der Waals surface area contributed by atoms with Crippen LogP contribution in [0.1, 0.15) is 96.4 Å². The number of rotatable bonds is 24. The van der Waals surface area contributed by atoms with E-state index in [2.05, 4.69) is 71.7 Å². The third-order valence-corrected chi connectivity index (χ3v) is 12.3. The molecule has 0 aliphatic rings. The second kappa shape index (κ2) is 47.7. The molecule has 106 heavy (non-hydrogen) atoms. The maximum absolute atomic E-state index is 11.6. The Morgan fingerprint density at radius 1 is 0.509 bits per heavy atom. The van der Waals surface area contributed by atoms with Gasteiger partial charge in [-0.1, -0.05) is 81.5 Å². The van der Waals surface area contributed by atoms with Crippen LogP contribution in [0.5, 0.6) is 23.0 Å². The van der Waals surface area contributed by atoms with Gasteiger partial charge >= 0.3 is 23.5 Å². The van der Waals surface area contributed by atoms with Crippen molar-refractivity contribution < 1.29 is 72.1 Å². The van der Waals surface area contributed by atoms with Crippen LogP contribution in [-0.2, 0) is 28.6 Å². The van der Waals surface area contributed by atoms with Crippen molar-refractivity contribution in [2.45, 2.75) is 115 Å². The molecule has 0 fully saturated rings. The SMILES string of the molecule is C.CC(C)COC(=O)Cl.CC(C)COC(=O)OC(=O)/C=C\n1cnc(-c2cc(Cl)cc(OC(C)C)c2)n1.CC(C)Oc1cc(Cl)cc(-c2ncn(/C=C\C(=O)NN)n2)c1.CC(C)Oc1cc(Cl)cc(-c2ncn(/C=C\C(=O)O)n2)c1.CC(C)Oc1cc(Cl)cc(-c2ncn(/C=C\c3nnco3)n2)c1.NN.O. The Kier molecular flexibility index (Phi) is 41.1. The molecule has 5 aromatic heterocycles. The van der Waals surface area contributed by atoms with E-state index in [-0.39, 0.29) is 49.8 Å². The third kappa shape index (κ3) is 36.2. The van der Waals surface area contributed by atoms with Crippen LogP contribution in [0.4, 0.5) is 9.59 Å². The van der Waals surface area contributed by atoms with Crippen LogP contribution in [0.2, 0.25) is 20.1 Å². The van der Waals surface area contributed by atoms with Crippen LogP contribution in [0, 0.1) is 11.8 Å². The highest BCUT2D eigenvalue weighted by Gasteiger charge is 2.15. The number of nitrogens with zero attached hydrogens (tertiary/aromatic N) is 14. The van der Waals surface area contributed by atoms with Gasteiger partial charge in [0.2, 0.25) is 12.3 Å². The van der Waals surface area contributed by atoms with E-state index in [1.165, 1.54) is 64.1 Å². The third-order valence-electron chi connectivity index (χ3n) is 11.3. The number of aliphatic carboxylic acids is 1. The quantitative estimate of drug-likeness (QED) is 0.00713. The Morgan fingerprint density at radius 2 is 0.840 bits per heavy atom. The van der Waals surface area contributed by atoms with Crippen molar-refractivity contribution in [2.75, 3.05) is 13.2 Å². The summed E-state index contributed by atoms with van der Waals surface area (Å²) in [6.07, 6.45) is 16.8. The first-order chi connectivity index (χ1) is 49.4. The summed E-state index contributed by atoms with van der Waals surface area (Å²) in [5.74, 6) is 15.9. The topological polar surface area (TPSA) is 454 Å². The van der Waals surface area contributed by atoms with Crippen molar-refractivity contribution in [3.63, 3.8) is 0 Å². The molecule has 4 aromatic carbocycles. The molecule has 0 bridgehead atoms. The fraction of sp³-hybridized carbons (Fsp3) is 0.309. The summed E-state index contributed by atoms with van der Waals surface area (Å²) < 4.78 is 46.8. The molecule has 1 amide bonds. The molecule has 0 saturated heterocycles. The first-order valence-corrected chi connectivity index (χ1v) is 33.1. The average Bonchev–Trinajstić information content (AvgIpc) is 1.66. The average molecular weight is 1570 g/mol. The number of carbonyl (C=O) groups excluding carboxylic acids is 4. The molecule has 38 heteroatoms. The van der Waals surface area contributed by atoms with Gasteiger partial charge in [0.05, 0.1) is 37.6 Å². The number of carboxylic acids is 1. The fourth-order valence-electron chi connectivity index (χ4n) is 7.52. The summed E-state index contributed by atoms with van der Waals surface area (Å²) in [7, 11) is 0. The van der Waals surface area contributed by atoms with Gasteiger partial charge in [0.1, 0.15) is 48.3 Å². The van der Waals surface area contributed by atoms with E-state index in [9.17, 15) is 24.0 Å². The van der Waals surface area contributed by atoms with Crippen molar-refractivity contribution >= 4 is 118 Å². The lowest BCUT2D eigenvalue weighted by Gasteiger charge is -2.10. The second-order valence-electron chi connectivity index (χ2n) is 22.8. The summed E-state index contributed by atoms with van der Waals surface area (Å²) in [6.45, 7) is 23.6. The van der Waals surface area contributed by atoms with Crippen molar-refractivity contribution in [3.8, 4) is 68.5 Å². The summed E-state index contributed by atoms with van der Waals surface area (Å²) in [6, 6.07) is 21.1. The summed E-state index contributed by atoms with van der Waals surface area (Å²) in [5, 5.41) is 35.0. The van der Waals surface area contributed by atoms with E-state index in [1.807, 2.05) is 101 Å². The van der Waals surface area contributed by atoms with E-state index in [0.717, 1.165) is 23.3 Å². The van der Waals surface area contributed by atoms with Crippen molar-refractivity contribution in [3.05, 3.63) is 149 Å². The van der Waals surface area contributed by atoms with E-state index in [1.54, 1.807) is 83.9 Å². The number of aromatic nitrogens is 14. The van der Waals surface area contributed by atoms with Gasteiger partial charge in [-0.2, -0.15) is 0 Å². The molecule has 0 atom stereocenters. The number of hydrogen-bond acceptors (Lipinski definition) is 26. The zero-order chi connectivity index (χ0) is 77.0. The molecule has 5 heterocycles. The molecule has 0 aliphatic carbocycles. The van der Waals surface area contributed by atoms with E-state index < -0.39 is 29.4 Å². The predicted molar refractivity (Wildman–Crippen MR) is 403 cm³/mol. The number of benzene rings is 4. The number of amides is 1. The first-order valence-electron chi connectivity index (χ1n) is 31.2. The number of halogens is 5. The van der Waals surface area contributed by atoms with Gasteiger partial charge in [0.15, 0.2) is 23.3 Å². The largest absolute Gasteiger partial charge is 0.516 e. The van der Waals surface area contributed by atoms with Gasteiger partial charge in [-0.05, 0) is 140 Å². The lowest BCUT2D eigenvalue weighted by Crippen LogP contribution is -2.28. The highest BCUT2D eigenvalue weighted by atomic mass is 35.5. The Hall–Kier alpha value is -10.6. The highest BCUT2D eigenvalue weighted by molar-refractivity contribution is 6.61. The molecular weight excluding hydrogens is 1490 g/mol. The summed E-state index contributed by atoms with van der Waals surface area (Å²) in [4.78, 5) is 71.1. The molecule has 0 spiro atoms. The lowest BCUT2D eigenvalue weighted by atomic mass is 10.2. The second-order valence-corrected chi connectivity index (χ2v) is 24.8. The number of nitrogens with two attached hydrogens (primary N) is 3. The maximum atomic E-state index is 11.6. The van der Waals surface area contributed by atoms with Gasteiger partial charge in [-0.15, -0.1) is 30.6 Å². The summed E-state index contributed by atoms with van der Waals surface area (Å²) >= 11 is 29.3. The molecular formula is C68H85Cl5N18O15. The maximum Gasteiger partial charge on any atom is 0.516 e. The molecule has 572 valence electrons. The minimum Gasteiger partial charge on any atom is -0.491 e. The van der Waals surface area contributed by atoms with Crippen LogP contribution in [0.15, 0.2) is 127 Å². The Labute approximate surface area is 636 Å². The van der Waals surface area contributed by atoms with Gasteiger partial charge < -0.3 is 48.2 Å². The van der Waals surface area contributed by atoms with E-state index >= 15 is 0 Å². The number of carboxylic acid groups (broad SMARTS) is 1. The lowest BCUT2D eigenvalue weighted by molar-refractivity contribution is -0.134. The Bertz CT molecular complexity index is 4310. The molecule has 0 radical (unpaired) electrons. The minimum atomic E-state index is -1.05. The molecule has 9 aromatic rings. The first kappa shape index (κ1) is 91.5. The van der Waals surface area contributed by atoms with Crippen LogP contribution < -0.4 is 41.9 Å². The standard InChI is InChI=1S/C19H22ClN3O5.C15H14ClN5O2.C14H16ClN5O2.C14H14ClN3O3.C5H9ClO2.CH4.H4N2.H2O/c1-12(2)10-26-19(25)28-17(24)5-6-23-11-21-18(22-23)14-7-15(20)9-16(8-14)27-13(3)4;1-10(2)23-13-6-11(5-12(16)7-13)15-17-8-21(20-15)4-3-14-19-18-9-22-14;1-9(2)22-12-6-10(5-11(15)7-12)14-17-8-20(19-14)4-3-13(21)18-16;1-9(2)21-12-6-10(5-11(15)7-12)14-16-8-18(17-14)4-3-13(19)20;1-4(2)3-8-5(6)7;;1-2;/h5-9,11-13H,10H2,1-4H3;3-10H,1-2H3;3-9H,16H2,1-2H3,(H,18,21);3-9H,1-2H3,(H,19,20);4H,3H2,1-2H3;1H4;1-2H2;1H2/b6-5-;3*4-3-;;;;. The van der Waals surface area contributed by atoms with Gasteiger partial charge in [-0.3, -0.25) is 21.9 Å². The smallest absolute Gasteiger partial charge is 0.491 e. The number of ether oxygens (including phenoxy) is 7. The molecule has 0 unspecified atom stereocenters. The summed E-state index contributed by atoms with van der Waals surface area (Å²) in [5.41, 5.74) is 4.12. The molecule has 0 saturated carbocycles. The molecule has 0 aliphatic heterocycles. The Morgan fingerprint density at radius 3 is 1.13 bits per heavy atom. The number of hydrogen-bond donors (Lipinski definition) is 5. The van der Waals surface area contributed by atoms with E-state index in [4.69, 9.17) is 97.1 Å². The van der Waals surface area contributed by atoms with Crippen molar-refractivity contribution in [1.29, 1.82) is 0 Å². The van der Waals surface area contributed by atoms with Crippen molar-refractivity contribution in [2.24, 2.45) is 29.4 Å². The van der Waals surface area contributed by atoms with Crippen molar-refractivity contribution in [1.82, 2.24) is 74.7 Å². The highest BCUT2D eigenvalue weighted by Crippen LogP contribution is 2.31. The molecule has 10 N–H and O–H groups in total. The van der Waals surface area contributed by atoms with Gasteiger partial charge in [0.25, 0.3) is 5.91 Å². The molecule has 33 nitrogen and oxygen atoms in total. The number of hydrazine groups is 2. The van der Waals surface area contributed by atoms with Crippen LogP contribution in [-0.4, -0.2) is 147 Å². The Balaban J connectivity index is 0.000000459. The number of carbonyl (C=O) groups is 5. The minimum absolute atomic E-state index is 0. The zero-order valence-corrected chi connectivity index (χ0v) is 62.7. The van der Waals surface area contributed by atoms with Gasteiger partial charge in [-0.25, -0.2) is 63.7 Å². The monoisotopic (exact) mass is 1570 g/mol. The number of nitrogens with one attached hydrogen (secondary N) is 1. The molecule has 9 rings (SSSR count). The predicted octanol–water partition coefficient (Wildman–Crippen LogP) is 13.0. The number of esters is 1. The normalized spacial score (nSPS) is 10.8.